The summed E-state index contributed by atoms with van der Waals surface area (Å²) < 4.78 is 64.2. The Labute approximate surface area is 603 Å². The van der Waals surface area contributed by atoms with Crippen LogP contribution in [0, 0.1) is 0 Å². The molecule has 3 amide bonds. The number of sulfonamides is 2. The minimum Gasteiger partial charge on any atom is -0.391 e. The van der Waals surface area contributed by atoms with Crippen molar-refractivity contribution < 1.29 is 41.0 Å². The number of halogens is 5. The van der Waals surface area contributed by atoms with Gasteiger partial charge in [0.1, 0.15) is 5.67 Å². The highest BCUT2D eigenvalue weighted by atomic mass is 35.5. The van der Waals surface area contributed by atoms with E-state index in [2.05, 4.69) is 77.8 Å². The number of piperidine rings is 3. The van der Waals surface area contributed by atoms with Gasteiger partial charge >= 0.3 is 6.03 Å². The number of hydrogen-bond acceptors (Lipinski definition) is 16. The summed E-state index contributed by atoms with van der Waals surface area (Å²) >= 11 is 24.5. The topological polar surface area (TPSA) is 312 Å². The van der Waals surface area contributed by atoms with Crippen molar-refractivity contribution in [3.05, 3.63) is 128 Å². The van der Waals surface area contributed by atoms with Gasteiger partial charge in [-0.3, -0.25) is 30.3 Å². The van der Waals surface area contributed by atoms with Crippen LogP contribution in [0.3, 0.4) is 0 Å². The Balaban J connectivity index is 0.000000113. The molecule has 0 bridgehead atoms. The van der Waals surface area contributed by atoms with Gasteiger partial charge in [0.15, 0.2) is 0 Å². The first-order valence-electron chi connectivity index (χ1n) is 33.7. The number of hydrogen-bond donors (Lipinski definition) is 7. The van der Waals surface area contributed by atoms with Crippen LogP contribution in [0.1, 0.15) is 80.9 Å². The molecule has 101 heavy (non-hydrogen) atoms. The van der Waals surface area contributed by atoms with Gasteiger partial charge in [-0.15, -0.1) is 0 Å². The lowest BCUT2D eigenvalue weighted by atomic mass is 9.83. The summed E-state index contributed by atoms with van der Waals surface area (Å²) in [5.74, 6) is 0.907. The Hall–Kier alpha value is -7.58. The molecular formula is C68H81Cl4FN18O8S2. The monoisotopic (exact) mass is 1500 g/mol. The van der Waals surface area contributed by atoms with Gasteiger partial charge in [-0.1, -0.05) is 46.4 Å². The minimum atomic E-state index is -3.28. The first-order chi connectivity index (χ1) is 48.2. The number of urea groups is 1. The molecule has 538 valence electrons. The van der Waals surface area contributed by atoms with E-state index >= 15 is 4.39 Å². The lowest BCUT2D eigenvalue weighted by Gasteiger charge is -2.38. The molecule has 1 saturated carbocycles. The largest absolute Gasteiger partial charge is 0.391 e. The van der Waals surface area contributed by atoms with Crippen molar-refractivity contribution in [1.82, 2.24) is 74.3 Å². The number of rotatable bonds is 8. The molecule has 10 aromatic rings. The summed E-state index contributed by atoms with van der Waals surface area (Å²) in [5, 5.41) is 62.7. The summed E-state index contributed by atoms with van der Waals surface area (Å²) in [6.07, 6.45) is 16.3. The first kappa shape index (κ1) is 71.8. The van der Waals surface area contributed by atoms with E-state index in [9.17, 15) is 36.6 Å². The second-order valence-electron chi connectivity index (χ2n) is 27.2. The third-order valence-corrected chi connectivity index (χ3v) is 23.8. The highest BCUT2D eigenvalue weighted by Gasteiger charge is 2.42. The number of nitrogens with zero attached hydrogens (tertiary/aromatic N) is 13. The van der Waals surface area contributed by atoms with Gasteiger partial charge in [0.25, 0.3) is 0 Å². The summed E-state index contributed by atoms with van der Waals surface area (Å²) in [6, 6.07) is 19.4. The number of carbonyl (C=O) groups is 2. The number of piperazine rings is 2. The third kappa shape index (κ3) is 15.8. The molecule has 6 saturated heterocycles. The van der Waals surface area contributed by atoms with E-state index in [-0.39, 0.29) is 50.0 Å². The number of benzene rings is 5. The van der Waals surface area contributed by atoms with Crippen molar-refractivity contribution in [2.75, 3.05) is 126 Å². The molecule has 0 radical (unpaired) electrons. The zero-order chi connectivity index (χ0) is 71.3. The molecule has 2 unspecified atom stereocenters. The van der Waals surface area contributed by atoms with Crippen LogP contribution in [-0.4, -0.2) is 237 Å². The lowest BCUT2D eigenvalue weighted by molar-refractivity contribution is -0.129. The van der Waals surface area contributed by atoms with Gasteiger partial charge in [0.2, 0.25) is 26.0 Å². The molecule has 0 spiro atoms. The number of H-pyrrole nitrogens is 5. The van der Waals surface area contributed by atoms with Crippen molar-refractivity contribution in [3.63, 3.8) is 0 Å². The Morgan fingerprint density at radius 1 is 0.525 bits per heavy atom. The van der Waals surface area contributed by atoms with E-state index in [1.807, 2.05) is 59.7 Å². The van der Waals surface area contributed by atoms with Crippen LogP contribution in [0.15, 0.2) is 91.6 Å². The number of aliphatic hydroxyl groups excluding tert-OH is 1. The average Bonchev–Trinajstić information content (AvgIpc) is 1.79. The second kappa shape index (κ2) is 29.3. The smallest absolute Gasteiger partial charge is 0.320 e. The zero-order valence-electron chi connectivity index (χ0n) is 56.3. The van der Waals surface area contributed by atoms with E-state index in [1.54, 1.807) is 48.5 Å². The van der Waals surface area contributed by atoms with E-state index < -0.39 is 31.3 Å². The summed E-state index contributed by atoms with van der Waals surface area (Å²) in [7, 11) is -4.64. The van der Waals surface area contributed by atoms with Crippen molar-refractivity contribution >= 4 is 150 Å². The fourth-order valence-electron chi connectivity index (χ4n) is 14.7. The standard InChI is InChI=1S/C16H20N4O.C14H16ClN5O.C13H15ClFN3O2S.C13H16ClN3O3S.C12H14ClN3O/c1-11(21)19-4-6-20(7-5-19)16-9-13(12-2-3-12)8-15-14(16)10-17-18-15;1-18-7-10-8-19(2-3-20(10)14(18)21)13-5-9(15)4-12-11(13)6-16-17-12;1-21(19,20)18-4-2-13(15,3-5-18)11-6-9(14)7-12-10(11)8-16-17-12;1-21(19,20)17-4-2-13(18,3-5-17)11-6-9(14)7-12-10(11)8-15-16-12;13-8-4-11-10(6-14-15-11)12(5-8)16-3-1-2-9(17)7-16/h8-10,12H,2-7H2,1H3,(H,17,18);4-6,10H,2-3,7-8H2,1H3,(H,16,17);6-8H,2-5H2,1H3,(H,16,17);6-8,18H,2-5H2,1H3,(H,15,16);4-6,9,17H,1-3,7H2,(H,14,15). The summed E-state index contributed by atoms with van der Waals surface area (Å²) in [5.41, 5.74) is 7.79. The van der Waals surface area contributed by atoms with E-state index in [0.717, 1.165) is 134 Å². The fourth-order valence-corrected chi connectivity index (χ4v) is 17.3. The molecular weight excluding hydrogens is 1420 g/mol. The molecule has 26 nitrogen and oxygen atoms in total. The van der Waals surface area contributed by atoms with E-state index in [4.69, 9.17) is 46.4 Å². The van der Waals surface area contributed by atoms with Gasteiger partial charge in [0.05, 0.1) is 88.8 Å². The molecule has 5 aromatic heterocycles. The van der Waals surface area contributed by atoms with Crippen LogP contribution in [0.25, 0.3) is 54.5 Å². The number of amides is 3. The maximum absolute atomic E-state index is 15.3. The normalized spacial score (nSPS) is 20.5. The Kier molecular flexibility index (Phi) is 20.8. The number of nitrogens with one attached hydrogen (secondary N) is 5. The number of aliphatic hydroxyl groups is 2. The van der Waals surface area contributed by atoms with Crippen molar-refractivity contribution in [2.45, 2.75) is 87.6 Å². The van der Waals surface area contributed by atoms with Crippen LogP contribution in [-0.2, 0) is 36.1 Å². The number of anilines is 3. The maximum Gasteiger partial charge on any atom is 0.320 e. The molecule has 2 atom stereocenters. The van der Waals surface area contributed by atoms with Gasteiger partial charge in [0, 0.05) is 175 Å². The quantitative estimate of drug-likeness (QED) is 0.0744. The molecule has 7 fully saturated rings. The Morgan fingerprint density at radius 3 is 1.44 bits per heavy atom. The Morgan fingerprint density at radius 2 is 0.950 bits per heavy atom. The van der Waals surface area contributed by atoms with Crippen molar-refractivity contribution in [3.8, 4) is 0 Å². The predicted molar refractivity (Wildman–Crippen MR) is 393 cm³/mol. The number of alkyl halides is 1. The predicted octanol–water partition coefficient (Wildman–Crippen LogP) is 9.95. The van der Waals surface area contributed by atoms with Crippen molar-refractivity contribution in [1.29, 1.82) is 0 Å². The van der Waals surface area contributed by atoms with Gasteiger partial charge < -0.3 is 39.6 Å². The minimum absolute atomic E-state index is 0.112. The van der Waals surface area contributed by atoms with Crippen LogP contribution in [0.2, 0.25) is 20.1 Å². The average molecular weight is 1500 g/mol. The van der Waals surface area contributed by atoms with Gasteiger partial charge in [-0.2, -0.15) is 25.5 Å². The second-order valence-corrected chi connectivity index (χ2v) is 33.0. The van der Waals surface area contributed by atoms with Crippen LogP contribution >= 0.6 is 46.4 Å². The number of aromatic amines is 5. The van der Waals surface area contributed by atoms with Crippen LogP contribution in [0.5, 0.6) is 0 Å². The summed E-state index contributed by atoms with van der Waals surface area (Å²) in [4.78, 5) is 36.0. The summed E-state index contributed by atoms with van der Waals surface area (Å²) in [6.45, 7) is 10.8. The number of likely N-dealkylation sites (N-methyl/N-ethyl adjacent to an activating group) is 1. The Bertz CT molecular complexity index is 4780. The SMILES string of the molecule is CC(=O)N1CCN(c2cc(C3CC3)cc3[nH]ncc23)CC1.CN1CC2CN(c3cc(Cl)cc4[nH]ncc34)CCN2C1=O.CS(=O)(=O)N1CCC(F)(c2cc(Cl)cc3[nH]ncc23)CC1.CS(=O)(=O)N1CCC(O)(c2cc(Cl)cc3[nH]ncc23)CC1.OC1CCCN(c2cc(Cl)cc3[nH]ncc23)C1. The molecule has 7 N–H and O–H groups in total. The number of carbonyl (C=O) groups excluding carboxylic acids is 2. The zero-order valence-corrected chi connectivity index (χ0v) is 61.0. The molecule has 17 rings (SSSR count). The molecule has 1 aliphatic carbocycles. The molecule has 11 heterocycles. The van der Waals surface area contributed by atoms with Gasteiger partial charge in [-0.05, 0) is 129 Å². The molecule has 33 heteroatoms. The maximum atomic E-state index is 15.3. The lowest BCUT2D eigenvalue weighted by Crippen LogP contribution is -2.52. The highest BCUT2D eigenvalue weighted by Crippen LogP contribution is 2.45. The number of fused-ring (bicyclic) bond motifs is 6. The van der Waals surface area contributed by atoms with Crippen molar-refractivity contribution in [2.24, 2.45) is 0 Å². The fraction of sp³-hybridized carbons (Fsp3) is 0.456. The highest BCUT2D eigenvalue weighted by molar-refractivity contribution is 7.88. The molecule has 5 aromatic carbocycles. The van der Waals surface area contributed by atoms with E-state index in [0.29, 0.717) is 74.6 Å². The van der Waals surface area contributed by atoms with Crippen LogP contribution in [0.4, 0.5) is 26.2 Å². The number of aromatic nitrogens is 10. The van der Waals surface area contributed by atoms with E-state index in [1.165, 1.54) is 44.3 Å². The number of β-amino-alcohol motifs (C(OH)–C–C–N with tert-alkyl or cyclic N) is 1. The molecule has 6 aliphatic heterocycles. The van der Waals surface area contributed by atoms with Gasteiger partial charge in [-0.25, -0.2) is 34.6 Å². The van der Waals surface area contributed by atoms with Crippen LogP contribution < -0.4 is 14.7 Å². The molecule has 7 aliphatic rings. The first-order valence-corrected chi connectivity index (χ1v) is 38.9. The third-order valence-electron chi connectivity index (χ3n) is 20.3.